The van der Waals surface area contributed by atoms with Gasteiger partial charge in [0.15, 0.2) is 0 Å². The van der Waals surface area contributed by atoms with Crippen molar-refractivity contribution in [3.05, 3.63) is 11.6 Å². The third-order valence-electron chi connectivity index (χ3n) is 4.31. The number of hydrogen-bond acceptors (Lipinski definition) is 1. The molecular weight excluding hydrogens is 170 g/mol. The summed E-state index contributed by atoms with van der Waals surface area (Å²) in [5, 5.41) is 3.79. The van der Waals surface area contributed by atoms with Gasteiger partial charge in [0.25, 0.3) is 0 Å². The molecule has 0 bridgehead atoms. The summed E-state index contributed by atoms with van der Waals surface area (Å²) in [6.45, 7) is 1.19. The van der Waals surface area contributed by atoms with Crippen molar-refractivity contribution in [2.75, 3.05) is 6.54 Å². The first kappa shape index (κ1) is 8.96. The number of fused-ring (bicyclic) bond motifs is 1. The molecule has 3 rings (SSSR count). The number of nitrogens with one attached hydrogen (secondary N) is 1. The van der Waals surface area contributed by atoms with E-state index in [0.29, 0.717) is 0 Å². The van der Waals surface area contributed by atoms with Crippen molar-refractivity contribution in [3.8, 4) is 0 Å². The molecule has 0 aromatic carbocycles. The van der Waals surface area contributed by atoms with Crippen molar-refractivity contribution in [1.29, 1.82) is 0 Å². The van der Waals surface area contributed by atoms with Gasteiger partial charge in [-0.2, -0.15) is 0 Å². The monoisotopic (exact) mass is 191 g/mol. The van der Waals surface area contributed by atoms with E-state index < -0.39 is 0 Å². The zero-order chi connectivity index (χ0) is 9.38. The Morgan fingerprint density at radius 3 is 3.14 bits per heavy atom. The van der Waals surface area contributed by atoms with Crippen LogP contribution in [0.15, 0.2) is 11.6 Å². The van der Waals surface area contributed by atoms with Crippen LogP contribution < -0.4 is 5.32 Å². The van der Waals surface area contributed by atoms with Gasteiger partial charge in [-0.3, -0.25) is 0 Å². The summed E-state index contributed by atoms with van der Waals surface area (Å²) in [7, 11) is 0. The molecule has 0 spiro atoms. The minimum Gasteiger partial charge on any atom is -0.310 e. The SMILES string of the molecule is C1=C(CNC2CCCC3CC32)CCC1. The molecule has 0 heterocycles. The maximum atomic E-state index is 3.79. The molecule has 3 unspecified atom stereocenters. The second kappa shape index (κ2) is 3.69. The smallest absolute Gasteiger partial charge is 0.0167 e. The molecule has 1 nitrogen and oxygen atoms in total. The van der Waals surface area contributed by atoms with E-state index in [4.69, 9.17) is 0 Å². The molecule has 3 aliphatic carbocycles. The number of rotatable bonds is 3. The molecule has 3 aliphatic rings. The lowest BCUT2D eigenvalue weighted by molar-refractivity contribution is 0.362. The molecule has 2 fully saturated rings. The normalized spacial score (nSPS) is 40.6. The fraction of sp³-hybridized carbons (Fsp3) is 0.846. The summed E-state index contributed by atoms with van der Waals surface area (Å²) in [4.78, 5) is 0. The Morgan fingerprint density at radius 2 is 2.29 bits per heavy atom. The van der Waals surface area contributed by atoms with E-state index in [9.17, 15) is 0 Å². The molecule has 0 amide bonds. The Morgan fingerprint density at radius 1 is 1.29 bits per heavy atom. The molecule has 1 heteroatoms. The molecule has 0 aliphatic heterocycles. The van der Waals surface area contributed by atoms with Crippen LogP contribution in [0, 0.1) is 11.8 Å². The Kier molecular flexibility index (Phi) is 2.36. The van der Waals surface area contributed by atoms with E-state index in [1.54, 1.807) is 5.57 Å². The predicted octanol–water partition coefficient (Wildman–Crippen LogP) is 2.87. The van der Waals surface area contributed by atoms with Crippen LogP contribution in [0.5, 0.6) is 0 Å². The second-order valence-electron chi connectivity index (χ2n) is 5.33. The largest absolute Gasteiger partial charge is 0.310 e. The van der Waals surface area contributed by atoms with Crippen LogP contribution in [0.3, 0.4) is 0 Å². The summed E-state index contributed by atoms with van der Waals surface area (Å²) < 4.78 is 0. The topological polar surface area (TPSA) is 12.0 Å². The zero-order valence-electron chi connectivity index (χ0n) is 8.97. The molecule has 14 heavy (non-hydrogen) atoms. The van der Waals surface area contributed by atoms with Gasteiger partial charge in [0.1, 0.15) is 0 Å². The highest BCUT2D eigenvalue weighted by atomic mass is 14.9. The van der Waals surface area contributed by atoms with Gasteiger partial charge < -0.3 is 5.32 Å². The molecular formula is C13H21N. The van der Waals surface area contributed by atoms with Crippen LogP contribution in [0.4, 0.5) is 0 Å². The van der Waals surface area contributed by atoms with E-state index in [1.807, 2.05) is 0 Å². The molecule has 3 atom stereocenters. The maximum Gasteiger partial charge on any atom is 0.0167 e. The van der Waals surface area contributed by atoms with Gasteiger partial charge in [0.2, 0.25) is 0 Å². The lowest BCUT2D eigenvalue weighted by atomic mass is 9.95. The highest BCUT2D eigenvalue weighted by molar-refractivity contribution is 5.10. The Labute approximate surface area is 87.0 Å². The molecule has 78 valence electrons. The summed E-state index contributed by atoms with van der Waals surface area (Å²) in [5.41, 5.74) is 1.67. The minimum atomic E-state index is 0.871. The third kappa shape index (κ3) is 1.75. The van der Waals surface area contributed by atoms with Crippen molar-refractivity contribution in [3.63, 3.8) is 0 Å². The average molecular weight is 191 g/mol. The Bertz CT molecular complexity index is 244. The van der Waals surface area contributed by atoms with Crippen molar-refractivity contribution >= 4 is 0 Å². The van der Waals surface area contributed by atoms with Crippen LogP contribution in [0.1, 0.15) is 44.9 Å². The second-order valence-corrected chi connectivity index (χ2v) is 5.33. The van der Waals surface area contributed by atoms with Crippen molar-refractivity contribution in [2.24, 2.45) is 11.8 Å². The average Bonchev–Trinajstić information content (AvgIpc) is 2.83. The highest BCUT2D eigenvalue weighted by Gasteiger charge is 2.44. The van der Waals surface area contributed by atoms with Gasteiger partial charge in [-0.1, -0.05) is 24.5 Å². The van der Waals surface area contributed by atoms with Gasteiger partial charge in [0.05, 0.1) is 0 Å². The van der Waals surface area contributed by atoms with Crippen LogP contribution in [0.2, 0.25) is 0 Å². The zero-order valence-corrected chi connectivity index (χ0v) is 8.97. The lowest BCUT2D eigenvalue weighted by Gasteiger charge is -2.23. The van der Waals surface area contributed by atoms with E-state index >= 15 is 0 Å². The van der Waals surface area contributed by atoms with Gasteiger partial charge in [-0.15, -0.1) is 0 Å². The van der Waals surface area contributed by atoms with Gasteiger partial charge in [-0.25, -0.2) is 0 Å². The van der Waals surface area contributed by atoms with Gasteiger partial charge >= 0.3 is 0 Å². The van der Waals surface area contributed by atoms with Crippen molar-refractivity contribution < 1.29 is 0 Å². The highest BCUT2D eigenvalue weighted by Crippen LogP contribution is 2.49. The van der Waals surface area contributed by atoms with E-state index in [2.05, 4.69) is 11.4 Å². The first-order valence-electron chi connectivity index (χ1n) is 6.35. The summed E-state index contributed by atoms with van der Waals surface area (Å²) >= 11 is 0. The summed E-state index contributed by atoms with van der Waals surface area (Å²) in [6.07, 6.45) is 12.5. The van der Waals surface area contributed by atoms with Crippen LogP contribution in [-0.2, 0) is 0 Å². The molecule has 0 aromatic rings. The summed E-state index contributed by atoms with van der Waals surface area (Å²) in [6, 6.07) is 0.871. The standard InChI is InChI=1S/C13H21N/c1-2-5-10(4-1)9-14-13-7-3-6-11-8-12(11)13/h4,11-14H,1-3,5-9H2. The summed E-state index contributed by atoms with van der Waals surface area (Å²) in [5.74, 6) is 2.17. The van der Waals surface area contributed by atoms with E-state index in [-0.39, 0.29) is 0 Å². The quantitative estimate of drug-likeness (QED) is 0.676. The van der Waals surface area contributed by atoms with Crippen LogP contribution in [-0.4, -0.2) is 12.6 Å². The fourth-order valence-corrected chi connectivity index (χ4v) is 3.32. The van der Waals surface area contributed by atoms with Gasteiger partial charge in [-0.05, 0) is 43.9 Å². The van der Waals surface area contributed by atoms with Crippen molar-refractivity contribution in [1.82, 2.24) is 5.32 Å². The molecule has 0 saturated heterocycles. The van der Waals surface area contributed by atoms with E-state index in [0.717, 1.165) is 17.9 Å². The minimum absolute atomic E-state index is 0.871. The Hall–Kier alpha value is -0.300. The molecule has 1 N–H and O–H groups in total. The fourth-order valence-electron chi connectivity index (χ4n) is 3.32. The first-order chi connectivity index (χ1) is 6.93. The molecule has 2 saturated carbocycles. The molecule has 0 aromatic heterocycles. The number of hydrogen-bond donors (Lipinski definition) is 1. The van der Waals surface area contributed by atoms with E-state index in [1.165, 1.54) is 51.5 Å². The first-order valence-corrected chi connectivity index (χ1v) is 6.35. The van der Waals surface area contributed by atoms with Gasteiger partial charge in [0, 0.05) is 12.6 Å². The molecule has 0 radical (unpaired) electrons. The predicted molar refractivity (Wildman–Crippen MR) is 59.2 cm³/mol. The van der Waals surface area contributed by atoms with Crippen molar-refractivity contribution in [2.45, 2.75) is 51.0 Å². The maximum absolute atomic E-state index is 3.79. The van der Waals surface area contributed by atoms with Crippen LogP contribution in [0.25, 0.3) is 0 Å². The Balaban J connectivity index is 1.47. The third-order valence-corrected chi connectivity index (χ3v) is 4.31. The van der Waals surface area contributed by atoms with Crippen LogP contribution >= 0.6 is 0 Å². The number of allylic oxidation sites excluding steroid dienone is 1. The lowest BCUT2D eigenvalue weighted by Crippen LogP contribution is -2.34.